The maximum atomic E-state index is 13.2. The van der Waals surface area contributed by atoms with Gasteiger partial charge in [0.2, 0.25) is 0 Å². The van der Waals surface area contributed by atoms with Crippen LogP contribution in [0.15, 0.2) is 54.6 Å². The number of alkyl halides is 3. The van der Waals surface area contributed by atoms with Crippen molar-refractivity contribution < 1.29 is 32.9 Å². The third-order valence-corrected chi connectivity index (χ3v) is 7.72. The molecule has 2 aliphatic rings. The zero-order valence-electron chi connectivity index (χ0n) is 20.0. The van der Waals surface area contributed by atoms with Crippen LogP contribution in [0.5, 0.6) is 0 Å². The number of rotatable bonds is 5. The van der Waals surface area contributed by atoms with Crippen molar-refractivity contribution in [2.75, 3.05) is 13.7 Å². The first kappa shape index (κ1) is 25.7. The molecule has 2 saturated heterocycles. The lowest BCUT2D eigenvalue weighted by molar-refractivity contribution is -0.225. The van der Waals surface area contributed by atoms with E-state index in [0.29, 0.717) is 32.1 Å². The van der Waals surface area contributed by atoms with Crippen molar-refractivity contribution in [3.63, 3.8) is 0 Å². The molecular formula is C27H32F3NO4. The Morgan fingerprint density at radius 1 is 1.11 bits per heavy atom. The topological polar surface area (TPSA) is 70.0 Å². The number of carbonyl (C=O) groups is 1. The maximum Gasteiger partial charge on any atom is 0.416 e. The second-order valence-corrected chi connectivity index (χ2v) is 10.1. The van der Waals surface area contributed by atoms with E-state index in [0.717, 1.165) is 17.7 Å². The number of amides is 1. The highest BCUT2D eigenvalue weighted by molar-refractivity contribution is 5.94. The zero-order valence-corrected chi connectivity index (χ0v) is 20.0. The van der Waals surface area contributed by atoms with Crippen LogP contribution in [-0.2, 0) is 10.9 Å². The summed E-state index contributed by atoms with van der Waals surface area (Å²) < 4.78 is 45.4. The summed E-state index contributed by atoms with van der Waals surface area (Å²) in [6.07, 6.45) is -2.85. The second kappa shape index (κ2) is 9.56. The molecule has 35 heavy (non-hydrogen) atoms. The lowest BCUT2D eigenvalue weighted by atomic mass is 9.73. The van der Waals surface area contributed by atoms with Gasteiger partial charge in [-0.3, -0.25) is 4.79 Å². The number of nitrogens with zero attached hydrogens (tertiary/aromatic N) is 1. The van der Waals surface area contributed by atoms with Gasteiger partial charge in [-0.25, -0.2) is 0 Å². The summed E-state index contributed by atoms with van der Waals surface area (Å²) in [5.41, 5.74) is -1.17. The molecule has 8 heteroatoms. The minimum Gasteiger partial charge on any atom is -0.396 e. The molecule has 1 amide bonds. The summed E-state index contributed by atoms with van der Waals surface area (Å²) in [4.78, 5) is 14.6. The fourth-order valence-corrected chi connectivity index (χ4v) is 5.90. The first-order chi connectivity index (χ1) is 16.5. The molecule has 5 atom stereocenters. The van der Waals surface area contributed by atoms with Crippen LogP contribution in [0.25, 0.3) is 0 Å². The molecule has 2 aromatic rings. The van der Waals surface area contributed by atoms with Gasteiger partial charge < -0.3 is 19.8 Å². The van der Waals surface area contributed by atoms with E-state index in [1.165, 1.54) is 17.0 Å². The number of aliphatic hydroxyl groups is 2. The Labute approximate surface area is 203 Å². The number of hydrogen-bond acceptors (Lipinski definition) is 4. The number of likely N-dealkylation sites (N-methyl/N-ethyl adjacent to an activating group) is 1. The molecular weight excluding hydrogens is 459 g/mol. The smallest absolute Gasteiger partial charge is 0.396 e. The van der Waals surface area contributed by atoms with Crippen LogP contribution < -0.4 is 0 Å². The van der Waals surface area contributed by atoms with Crippen molar-refractivity contribution in [2.45, 2.75) is 74.5 Å². The Bertz CT molecular complexity index is 1030. The van der Waals surface area contributed by atoms with Crippen LogP contribution in [0.2, 0.25) is 0 Å². The number of aliphatic hydroxyl groups excluding tert-OH is 2. The Morgan fingerprint density at radius 3 is 2.37 bits per heavy atom. The molecule has 2 bridgehead atoms. The van der Waals surface area contributed by atoms with E-state index in [1.807, 2.05) is 25.1 Å². The molecule has 4 rings (SSSR count). The molecule has 2 N–H and O–H groups in total. The van der Waals surface area contributed by atoms with Crippen LogP contribution in [-0.4, -0.2) is 58.0 Å². The lowest BCUT2D eigenvalue weighted by Gasteiger charge is -2.50. The van der Waals surface area contributed by atoms with Crippen molar-refractivity contribution in [1.29, 1.82) is 0 Å². The van der Waals surface area contributed by atoms with Gasteiger partial charge in [0.15, 0.2) is 0 Å². The van der Waals surface area contributed by atoms with Gasteiger partial charge in [0.25, 0.3) is 5.91 Å². The Hall–Kier alpha value is -2.42. The maximum absolute atomic E-state index is 13.2. The van der Waals surface area contributed by atoms with E-state index in [-0.39, 0.29) is 18.1 Å². The fourth-order valence-electron chi connectivity index (χ4n) is 5.90. The Morgan fingerprint density at radius 2 is 1.77 bits per heavy atom. The number of carbonyl (C=O) groups excluding carboxylic acids is 1. The van der Waals surface area contributed by atoms with E-state index in [2.05, 4.69) is 12.1 Å². The molecule has 5 nitrogen and oxygen atoms in total. The van der Waals surface area contributed by atoms with Gasteiger partial charge in [0.1, 0.15) is 6.10 Å². The third-order valence-electron chi connectivity index (χ3n) is 7.72. The van der Waals surface area contributed by atoms with E-state index in [9.17, 15) is 28.2 Å². The predicted octanol–water partition coefficient (Wildman–Crippen LogP) is 4.77. The van der Waals surface area contributed by atoms with Crippen molar-refractivity contribution in [1.82, 2.24) is 4.90 Å². The highest BCUT2D eigenvalue weighted by Crippen LogP contribution is 2.51. The summed E-state index contributed by atoms with van der Waals surface area (Å²) in [5.74, 6) is -0.343. The van der Waals surface area contributed by atoms with Gasteiger partial charge in [-0.15, -0.1) is 0 Å². The first-order valence-corrected chi connectivity index (χ1v) is 12.0. The largest absolute Gasteiger partial charge is 0.416 e. The standard InChI is InChI=1S/C27H32F3NO4/c1-25-16-20(18-6-4-3-5-7-18)17-26(35-25,14-15-32)13-12-22(23(25)33)31(2)24(34)19-8-10-21(11-9-19)27(28,29)30/h3-11,20,22-23,32-33H,12-17H2,1-2H3/t20-,22+,23-,25+,26-/m1/s1. The van der Waals surface area contributed by atoms with Gasteiger partial charge in [-0.2, -0.15) is 13.2 Å². The molecule has 0 unspecified atom stereocenters. The number of ether oxygens (including phenoxy) is 1. The van der Waals surface area contributed by atoms with Crippen LogP contribution >= 0.6 is 0 Å². The Balaban J connectivity index is 1.61. The quantitative estimate of drug-likeness (QED) is 0.632. The van der Waals surface area contributed by atoms with E-state index in [1.54, 1.807) is 7.05 Å². The molecule has 0 aliphatic carbocycles. The highest BCUT2D eigenvalue weighted by atomic mass is 19.4. The summed E-state index contributed by atoms with van der Waals surface area (Å²) in [6, 6.07) is 13.5. The number of fused-ring (bicyclic) bond motifs is 2. The van der Waals surface area contributed by atoms with E-state index >= 15 is 0 Å². The first-order valence-electron chi connectivity index (χ1n) is 12.0. The molecule has 0 aromatic heterocycles. The van der Waals surface area contributed by atoms with Crippen LogP contribution in [0.4, 0.5) is 13.2 Å². The van der Waals surface area contributed by atoms with Gasteiger partial charge >= 0.3 is 6.18 Å². The molecule has 190 valence electrons. The number of hydrogen-bond donors (Lipinski definition) is 2. The van der Waals surface area contributed by atoms with Crippen LogP contribution in [0.1, 0.15) is 66.4 Å². The summed E-state index contributed by atoms with van der Waals surface area (Å²) in [7, 11) is 1.57. The molecule has 2 heterocycles. The Kier molecular flexibility index (Phi) is 7.01. The minimum absolute atomic E-state index is 0.0569. The predicted molar refractivity (Wildman–Crippen MR) is 125 cm³/mol. The molecule has 2 aromatic carbocycles. The average Bonchev–Trinajstić information content (AvgIpc) is 2.90. The number of benzene rings is 2. The monoisotopic (exact) mass is 491 g/mol. The summed E-state index contributed by atoms with van der Waals surface area (Å²) >= 11 is 0. The van der Waals surface area contributed by atoms with Crippen LogP contribution in [0, 0.1) is 0 Å². The highest BCUT2D eigenvalue weighted by Gasteiger charge is 2.55. The molecule has 2 aliphatic heterocycles. The van der Waals surface area contributed by atoms with Gasteiger partial charge in [0, 0.05) is 19.2 Å². The lowest BCUT2D eigenvalue weighted by Crippen LogP contribution is -2.58. The fraction of sp³-hybridized carbons (Fsp3) is 0.519. The van der Waals surface area contributed by atoms with Crippen LogP contribution in [0.3, 0.4) is 0 Å². The SMILES string of the molecule is CN(C(=O)c1ccc(C(F)(F)F)cc1)[C@H]1CC[C@@]2(CCO)C[C@H](c3ccccc3)C[C@](C)(O2)[C@@H]1O. The molecule has 2 fully saturated rings. The van der Waals surface area contributed by atoms with Crippen molar-refractivity contribution in [3.05, 3.63) is 71.3 Å². The van der Waals surface area contributed by atoms with Gasteiger partial charge in [0.05, 0.1) is 22.8 Å². The zero-order chi connectivity index (χ0) is 25.4. The normalized spacial score (nSPS) is 31.0. The number of halogens is 3. The molecule has 0 saturated carbocycles. The second-order valence-electron chi connectivity index (χ2n) is 10.1. The van der Waals surface area contributed by atoms with Crippen molar-refractivity contribution >= 4 is 5.91 Å². The summed E-state index contributed by atoms with van der Waals surface area (Å²) in [5, 5.41) is 21.4. The van der Waals surface area contributed by atoms with Gasteiger partial charge in [-0.1, -0.05) is 30.3 Å². The van der Waals surface area contributed by atoms with E-state index < -0.39 is 41.0 Å². The van der Waals surface area contributed by atoms with Crippen molar-refractivity contribution in [3.8, 4) is 0 Å². The van der Waals surface area contributed by atoms with E-state index in [4.69, 9.17) is 4.74 Å². The third kappa shape index (κ3) is 5.10. The molecule has 0 radical (unpaired) electrons. The minimum atomic E-state index is -4.48. The van der Waals surface area contributed by atoms with Gasteiger partial charge in [-0.05, 0) is 74.8 Å². The molecule has 0 spiro atoms. The van der Waals surface area contributed by atoms with Crippen molar-refractivity contribution in [2.24, 2.45) is 0 Å². The summed E-state index contributed by atoms with van der Waals surface area (Å²) in [6.45, 7) is 1.80. The average molecular weight is 492 g/mol.